The van der Waals surface area contributed by atoms with Gasteiger partial charge in [0.15, 0.2) is 28.9 Å². The fraction of sp³-hybridized carbons (Fsp3) is 0.227. The second-order valence-electron chi connectivity index (χ2n) is 7.43. The number of nitrogens with one attached hydrogen (secondary N) is 1. The predicted molar refractivity (Wildman–Crippen MR) is 105 cm³/mol. The Bertz CT molecular complexity index is 1150. The van der Waals surface area contributed by atoms with E-state index in [4.69, 9.17) is 13.9 Å². The number of benzene rings is 2. The number of Topliss-reactive ketones (excluding diaryl/α,β-unsaturated/α-hetero) is 1. The molecule has 2 aliphatic rings. The van der Waals surface area contributed by atoms with Gasteiger partial charge < -0.3 is 19.2 Å². The number of urea groups is 1. The largest absolute Gasteiger partial charge is 0.485 e. The van der Waals surface area contributed by atoms with Crippen molar-refractivity contribution >= 4 is 28.7 Å². The lowest BCUT2D eigenvalue weighted by atomic mass is 9.98. The maximum Gasteiger partial charge on any atom is 0.325 e. The van der Waals surface area contributed by atoms with Gasteiger partial charge in [0, 0.05) is 5.39 Å². The van der Waals surface area contributed by atoms with Crippen molar-refractivity contribution in [3.05, 3.63) is 60.4 Å². The number of rotatable bonds is 4. The standard InChI is InChI=1S/C22H18N2O6/c1-22(19-10-13-6-2-3-7-15(13)30-19)20(26)24(21(27)23-22)11-14(25)18-12-28-16-8-4-5-9-17(16)29-18/h2-10,18H,11-12H2,1H3,(H,23,27). The number of amides is 3. The molecule has 2 atom stereocenters. The zero-order chi connectivity index (χ0) is 20.9. The third kappa shape index (κ3) is 2.80. The summed E-state index contributed by atoms with van der Waals surface area (Å²) in [5, 5.41) is 3.47. The molecule has 1 aromatic heterocycles. The van der Waals surface area contributed by atoms with E-state index >= 15 is 0 Å². The van der Waals surface area contributed by atoms with Crippen LogP contribution < -0.4 is 14.8 Å². The molecule has 2 aliphatic heterocycles. The fourth-order valence-corrected chi connectivity index (χ4v) is 3.67. The molecular weight excluding hydrogens is 388 g/mol. The number of para-hydroxylation sites is 3. The monoisotopic (exact) mass is 406 g/mol. The molecule has 8 heteroatoms. The van der Waals surface area contributed by atoms with Crippen molar-refractivity contribution < 1.29 is 28.3 Å². The first kappa shape index (κ1) is 18.2. The summed E-state index contributed by atoms with van der Waals surface area (Å²) in [6.07, 6.45) is -0.904. The van der Waals surface area contributed by atoms with Crippen molar-refractivity contribution in [2.45, 2.75) is 18.6 Å². The van der Waals surface area contributed by atoms with E-state index in [1.54, 1.807) is 43.3 Å². The van der Waals surface area contributed by atoms with Crippen LogP contribution in [0.3, 0.4) is 0 Å². The molecule has 1 saturated heterocycles. The highest BCUT2D eigenvalue weighted by molar-refractivity contribution is 6.09. The highest BCUT2D eigenvalue weighted by atomic mass is 16.6. The average molecular weight is 406 g/mol. The van der Waals surface area contributed by atoms with Crippen LogP contribution in [0, 0.1) is 0 Å². The van der Waals surface area contributed by atoms with Crippen LogP contribution in [0.5, 0.6) is 11.5 Å². The van der Waals surface area contributed by atoms with Crippen molar-refractivity contribution in [3.63, 3.8) is 0 Å². The molecule has 8 nitrogen and oxygen atoms in total. The first-order valence-corrected chi connectivity index (χ1v) is 9.50. The number of carbonyl (C=O) groups is 3. The molecule has 0 aliphatic carbocycles. The van der Waals surface area contributed by atoms with E-state index in [2.05, 4.69) is 5.32 Å². The lowest BCUT2D eigenvalue weighted by Gasteiger charge is -2.26. The maximum atomic E-state index is 13.1. The van der Waals surface area contributed by atoms with E-state index in [1.807, 2.05) is 18.2 Å². The van der Waals surface area contributed by atoms with E-state index in [1.165, 1.54) is 0 Å². The van der Waals surface area contributed by atoms with Gasteiger partial charge in [-0.3, -0.25) is 14.5 Å². The molecule has 152 valence electrons. The Kier molecular flexibility index (Phi) is 4.02. The van der Waals surface area contributed by atoms with E-state index in [0.717, 1.165) is 10.3 Å². The van der Waals surface area contributed by atoms with Crippen LogP contribution in [0.1, 0.15) is 12.7 Å². The lowest BCUT2D eigenvalue weighted by Crippen LogP contribution is -2.45. The summed E-state index contributed by atoms with van der Waals surface area (Å²) in [6, 6.07) is 15.4. The first-order chi connectivity index (χ1) is 14.5. The molecule has 1 N–H and O–H groups in total. The molecule has 3 aromatic rings. The number of hydrogen-bond donors (Lipinski definition) is 1. The molecule has 2 unspecified atom stereocenters. The van der Waals surface area contributed by atoms with Gasteiger partial charge >= 0.3 is 6.03 Å². The number of furan rings is 1. The van der Waals surface area contributed by atoms with Gasteiger partial charge in [0.2, 0.25) is 0 Å². The van der Waals surface area contributed by atoms with Crippen LogP contribution in [0.25, 0.3) is 11.0 Å². The fourth-order valence-electron chi connectivity index (χ4n) is 3.67. The van der Waals surface area contributed by atoms with Crippen LogP contribution in [0.2, 0.25) is 0 Å². The number of fused-ring (bicyclic) bond motifs is 2. The summed E-state index contributed by atoms with van der Waals surface area (Å²) in [5.74, 6) is 0.322. The quantitative estimate of drug-likeness (QED) is 0.669. The molecule has 3 heterocycles. The topological polar surface area (TPSA) is 98.1 Å². The number of ether oxygens (including phenoxy) is 2. The minimum atomic E-state index is -1.40. The number of hydrogen-bond acceptors (Lipinski definition) is 6. The van der Waals surface area contributed by atoms with Gasteiger partial charge in [0.05, 0.1) is 6.54 Å². The van der Waals surface area contributed by atoms with Crippen molar-refractivity contribution in [3.8, 4) is 11.5 Å². The SMILES string of the molecule is CC1(c2cc3ccccc3o2)NC(=O)N(CC(=O)C2COc3ccccc3O2)C1=O. The Morgan fingerprint density at radius 1 is 1.13 bits per heavy atom. The maximum absolute atomic E-state index is 13.1. The van der Waals surface area contributed by atoms with Gasteiger partial charge in [0.1, 0.15) is 18.0 Å². The number of imide groups is 1. The second kappa shape index (κ2) is 6.62. The minimum absolute atomic E-state index is 0.0142. The first-order valence-electron chi connectivity index (χ1n) is 9.50. The van der Waals surface area contributed by atoms with Crippen LogP contribution in [-0.2, 0) is 15.1 Å². The van der Waals surface area contributed by atoms with Gasteiger partial charge in [0.25, 0.3) is 5.91 Å². The minimum Gasteiger partial charge on any atom is -0.485 e. The van der Waals surface area contributed by atoms with E-state index in [9.17, 15) is 14.4 Å². The number of carbonyl (C=O) groups excluding carboxylic acids is 3. The van der Waals surface area contributed by atoms with Crippen LogP contribution in [-0.4, -0.2) is 41.9 Å². The molecule has 5 rings (SSSR count). The zero-order valence-electron chi connectivity index (χ0n) is 16.1. The van der Waals surface area contributed by atoms with Gasteiger partial charge in [-0.05, 0) is 31.2 Å². The molecule has 0 saturated carbocycles. The number of nitrogens with zero attached hydrogens (tertiary/aromatic N) is 1. The Labute approximate surface area is 171 Å². The molecule has 0 radical (unpaired) electrons. The Morgan fingerprint density at radius 2 is 1.87 bits per heavy atom. The number of ketones is 1. The summed E-state index contributed by atoms with van der Waals surface area (Å²) < 4.78 is 17.0. The van der Waals surface area contributed by atoms with Gasteiger partial charge in [-0.2, -0.15) is 0 Å². The Morgan fingerprint density at radius 3 is 2.67 bits per heavy atom. The smallest absolute Gasteiger partial charge is 0.325 e. The summed E-state index contributed by atoms with van der Waals surface area (Å²) in [5.41, 5.74) is -0.788. The third-order valence-electron chi connectivity index (χ3n) is 5.37. The Hall–Kier alpha value is -3.81. The third-order valence-corrected chi connectivity index (χ3v) is 5.37. The summed E-state index contributed by atoms with van der Waals surface area (Å²) >= 11 is 0. The highest BCUT2D eigenvalue weighted by Crippen LogP contribution is 2.34. The van der Waals surface area contributed by atoms with Gasteiger partial charge in [-0.15, -0.1) is 0 Å². The highest BCUT2D eigenvalue weighted by Gasteiger charge is 2.52. The zero-order valence-corrected chi connectivity index (χ0v) is 16.1. The molecule has 2 aromatic carbocycles. The average Bonchev–Trinajstić information content (AvgIpc) is 3.29. The van der Waals surface area contributed by atoms with Crippen LogP contribution in [0.15, 0.2) is 59.0 Å². The lowest BCUT2D eigenvalue weighted by molar-refractivity contribution is -0.137. The second-order valence-corrected chi connectivity index (χ2v) is 7.43. The molecule has 0 spiro atoms. The van der Waals surface area contributed by atoms with Crippen molar-refractivity contribution in [1.82, 2.24) is 10.2 Å². The van der Waals surface area contributed by atoms with Crippen LogP contribution >= 0.6 is 0 Å². The van der Waals surface area contributed by atoms with Crippen molar-refractivity contribution in [2.24, 2.45) is 0 Å². The summed E-state index contributed by atoms with van der Waals surface area (Å²) in [7, 11) is 0. The van der Waals surface area contributed by atoms with E-state index in [-0.39, 0.29) is 6.61 Å². The van der Waals surface area contributed by atoms with Crippen molar-refractivity contribution in [2.75, 3.05) is 13.2 Å². The molecule has 3 amide bonds. The normalized spacial score (nSPS) is 23.0. The van der Waals surface area contributed by atoms with E-state index < -0.39 is 35.9 Å². The molecule has 1 fully saturated rings. The molecule has 30 heavy (non-hydrogen) atoms. The van der Waals surface area contributed by atoms with Crippen LogP contribution in [0.4, 0.5) is 4.79 Å². The summed E-state index contributed by atoms with van der Waals surface area (Å²) in [6.45, 7) is 1.16. The van der Waals surface area contributed by atoms with Crippen molar-refractivity contribution in [1.29, 1.82) is 0 Å². The predicted octanol–water partition coefficient (Wildman–Crippen LogP) is 2.61. The summed E-state index contributed by atoms with van der Waals surface area (Å²) in [4.78, 5) is 39.3. The molecule has 0 bridgehead atoms. The van der Waals surface area contributed by atoms with E-state index in [0.29, 0.717) is 22.8 Å². The molecular formula is C22H18N2O6. The Balaban J connectivity index is 1.35. The van der Waals surface area contributed by atoms with Gasteiger partial charge in [-0.1, -0.05) is 30.3 Å². The van der Waals surface area contributed by atoms with Gasteiger partial charge in [-0.25, -0.2) is 4.79 Å².